The molecule has 0 amide bonds. The maximum Gasteiger partial charge on any atom is 0.211 e. The molecule has 1 aromatic carbocycles. The van der Waals surface area contributed by atoms with Gasteiger partial charge in [0, 0.05) is 19.6 Å². The number of benzene rings is 1. The first-order valence-electron chi connectivity index (χ1n) is 7.33. The van der Waals surface area contributed by atoms with Gasteiger partial charge in [-0.05, 0) is 36.4 Å². The Morgan fingerprint density at radius 1 is 1.38 bits per heavy atom. The number of nitrogens with zero attached hydrogens (tertiary/aromatic N) is 1. The van der Waals surface area contributed by atoms with E-state index in [1.165, 1.54) is 6.26 Å². The molecule has 1 fully saturated rings. The predicted octanol–water partition coefficient (Wildman–Crippen LogP) is 0.940. The van der Waals surface area contributed by atoms with Crippen LogP contribution in [0.5, 0.6) is 0 Å². The first kappa shape index (κ1) is 16.4. The van der Waals surface area contributed by atoms with E-state index in [9.17, 15) is 8.42 Å². The highest BCUT2D eigenvalue weighted by atomic mass is 32.2. The zero-order valence-electron chi connectivity index (χ0n) is 12.5. The Kier molecular flexibility index (Phi) is 5.75. The van der Waals surface area contributed by atoms with Gasteiger partial charge in [-0.3, -0.25) is 0 Å². The van der Waals surface area contributed by atoms with Crippen molar-refractivity contribution >= 4 is 10.0 Å². The maximum absolute atomic E-state index is 11.6. The summed E-state index contributed by atoms with van der Waals surface area (Å²) in [5.74, 6) is 0.370. The normalized spacial score (nSPS) is 20.6. The SMILES string of the molecule is CS(=O)(=O)N1CCCC(CNCc2cccc(CO)c2)C1. The lowest BCUT2D eigenvalue weighted by Crippen LogP contribution is -2.42. The molecule has 2 rings (SSSR count). The molecule has 0 aliphatic carbocycles. The summed E-state index contributed by atoms with van der Waals surface area (Å²) in [6.07, 6.45) is 3.28. The van der Waals surface area contributed by atoms with Crippen molar-refractivity contribution in [3.8, 4) is 0 Å². The Hall–Kier alpha value is -0.950. The maximum atomic E-state index is 11.6. The lowest BCUT2D eigenvalue weighted by atomic mass is 9.99. The largest absolute Gasteiger partial charge is 0.392 e. The summed E-state index contributed by atoms with van der Waals surface area (Å²) in [4.78, 5) is 0. The molecule has 21 heavy (non-hydrogen) atoms. The van der Waals surface area contributed by atoms with Crippen molar-refractivity contribution in [1.29, 1.82) is 0 Å². The van der Waals surface area contributed by atoms with Crippen LogP contribution < -0.4 is 5.32 Å². The summed E-state index contributed by atoms with van der Waals surface area (Å²) in [7, 11) is -3.07. The van der Waals surface area contributed by atoms with E-state index in [-0.39, 0.29) is 6.61 Å². The smallest absolute Gasteiger partial charge is 0.211 e. The van der Waals surface area contributed by atoms with Gasteiger partial charge in [0.05, 0.1) is 12.9 Å². The number of nitrogens with one attached hydrogen (secondary N) is 1. The van der Waals surface area contributed by atoms with Crippen molar-refractivity contribution in [1.82, 2.24) is 9.62 Å². The van der Waals surface area contributed by atoms with E-state index < -0.39 is 10.0 Å². The fourth-order valence-corrected chi connectivity index (χ4v) is 3.70. The van der Waals surface area contributed by atoms with Crippen molar-refractivity contribution in [3.05, 3.63) is 35.4 Å². The van der Waals surface area contributed by atoms with Gasteiger partial charge in [0.1, 0.15) is 0 Å². The standard InChI is InChI=1S/C15H24N2O3S/c1-21(19,20)17-7-3-6-15(11-17)10-16-9-13-4-2-5-14(8-13)12-18/h2,4-5,8,15-16,18H,3,6-7,9-12H2,1H3. The summed E-state index contributed by atoms with van der Waals surface area (Å²) in [6.45, 7) is 2.87. The molecule has 1 unspecified atom stereocenters. The lowest BCUT2D eigenvalue weighted by molar-refractivity contribution is 0.261. The third-order valence-electron chi connectivity index (χ3n) is 3.89. The molecule has 0 saturated carbocycles. The second-order valence-corrected chi connectivity index (χ2v) is 7.72. The van der Waals surface area contributed by atoms with E-state index in [0.717, 1.165) is 37.1 Å². The van der Waals surface area contributed by atoms with Gasteiger partial charge in [-0.25, -0.2) is 12.7 Å². The van der Waals surface area contributed by atoms with Crippen LogP contribution in [-0.4, -0.2) is 43.7 Å². The van der Waals surface area contributed by atoms with Gasteiger partial charge in [-0.2, -0.15) is 0 Å². The van der Waals surface area contributed by atoms with Gasteiger partial charge in [0.25, 0.3) is 0 Å². The van der Waals surface area contributed by atoms with E-state index in [1.54, 1.807) is 4.31 Å². The fraction of sp³-hybridized carbons (Fsp3) is 0.600. The van der Waals surface area contributed by atoms with Crippen LogP contribution in [0.15, 0.2) is 24.3 Å². The summed E-state index contributed by atoms with van der Waals surface area (Å²) >= 11 is 0. The van der Waals surface area contributed by atoms with Crippen LogP contribution in [0.1, 0.15) is 24.0 Å². The molecular formula is C15H24N2O3S. The highest BCUT2D eigenvalue weighted by Gasteiger charge is 2.25. The first-order chi connectivity index (χ1) is 9.99. The number of piperidine rings is 1. The molecule has 118 valence electrons. The lowest BCUT2D eigenvalue weighted by Gasteiger charge is -2.31. The van der Waals surface area contributed by atoms with Crippen LogP contribution in [-0.2, 0) is 23.2 Å². The molecule has 2 N–H and O–H groups in total. The van der Waals surface area contributed by atoms with Crippen LogP contribution in [0, 0.1) is 5.92 Å². The van der Waals surface area contributed by atoms with Gasteiger partial charge >= 0.3 is 0 Å². The number of aliphatic hydroxyl groups excluding tert-OH is 1. The first-order valence-corrected chi connectivity index (χ1v) is 9.18. The van der Waals surface area contributed by atoms with Crippen LogP contribution >= 0.6 is 0 Å². The average Bonchev–Trinajstić information content (AvgIpc) is 2.47. The molecule has 1 aliphatic rings. The molecule has 6 heteroatoms. The molecule has 5 nitrogen and oxygen atoms in total. The van der Waals surface area contributed by atoms with Crippen molar-refractivity contribution in [2.45, 2.75) is 26.0 Å². The monoisotopic (exact) mass is 312 g/mol. The fourth-order valence-electron chi connectivity index (χ4n) is 2.75. The minimum Gasteiger partial charge on any atom is -0.392 e. The second-order valence-electron chi connectivity index (χ2n) is 5.74. The molecule has 0 aromatic heterocycles. The van der Waals surface area contributed by atoms with Crippen LogP contribution in [0.2, 0.25) is 0 Å². The summed E-state index contributed by atoms with van der Waals surface area (Å²) in [6, 6.07) is 7.84. The number of rotatable bonds is 6. The summed E-state index contributed by atoms with van der Waals surface area (Å²) < 4.78 is 24.7. The summed E-state index contributed by atoms with van der Waals surface area (Å²) in [5, 5.41) is 12.5. The van der Waals surface area contributed by atoms with Crippen molar-refractivity contribution in [2.24, 2.45) is 5.92 Å². The number of sulfonamides is 1. The molecular weight excluding hydrogens is 288 g/mol. The van der Waals surface area contributed by atoms with Gasteiger partial charge < -0.3 is 10.4 Å². The number of hydrogen-bond donors (Lipinski definition) is 2. The molecule has 0 radical (unpaired) electrons. The average molecular weight is 312 g/mol. The van der Waals surface area contributed by atoms with Crippen molar-refractivity contribution in [3.63, 3.8) is 0 Å². The molecule has 1 saturated heterocycles. The van der Waals surface area contributed by atoms with Gasteiger partial charge in [-0.15, -0.1) is 0 Å². The second kappa shape index (κ2) is 7.35. The van der Waals surface area contributed by atoms with E-state index in [1.807, 2.05) is 24.3 Å². The van der Waals surface area contributed by atoms with E-state index in [2.05, 4.69) is 5.32 Å². The molecule has 1 aromatic rings. The highest BCUT2D eigenvalue weighted by Crippen LogP contribution is 2.18. The zero-order valence-corrected chi connectivity index (χ0v) is 13.3. The molecule has 1 aliphatic heterocycles. The minimum absolute atomic E-state index is 0.0553. The minimum atomic E-state index is -3.07. The van der Waals surface area contributed by atoms with E-state index in [0.29, 0.717) is 19.0 Å². The van der Waals surface area contributed by atoms with Gasteiger partial charge in [-0.1, -0.05) is 24.3 Å². The zero-order chi connectivity index (χ0) is 15.3. The van der Waals surface area contributed by atoms with E-state index >= 15 is 0 Å². The topological polar surface area (TPSA) is 69.6 Å². The Morgan fingerprint density at radius 3 is 2.86 bits per heavy atom. The molecule has 1 atom stereocenters. The number of hydrogen-bond acceptors (Lipinski definition) is 4. The Balaban J connectivity index is 1.80. The third kappa shape index (κ3) is 5.07. The Labute approximate surface area is 127 Å². The number of aliphatic hydroxyl groups is 1. The van der Waals surface area contributed by atoms with Crippen LogP contribution in [0.3, 0.4) is 0 Å². The van der Waals surface area contributed by atoms with E-state index in [4.69, 9.17) is 5.11 Å². The van der Waals surface area contributed by atoms with Crippen molar-refractivity contribution < 1.29 is 13.5 Å². The molecule has 1 heterocycles. The van der Waals surface area contributed by atoms with Gasteiger partial charge in [0.15, 0.2) is 0 Å². The molecule has 0 spiro atoms. The Bertz CT molecular complexity index is 560. The third-order valence-corrected chi connectivity index (χ3v) is 5.16. The highest BCUT2D eigenvalue weighted by molar-refractivity contribution is 7.88. The quantitative estimate of drug-likeness (QED) is 0.820. The van der Waals surface area contributed by atoms with Gasteiger partial charge in [0.2, 0.25) is 10.0 Å². The van der Waals surface area contributed by atoms with Crippen LogP contribution in [0.25, 0.3) is 0 Å². The van der Waals surface area contributed by atoms with Crippen LogP contribution in [0.4, 0.5) is 0 Å². The predicted molar refractivity (Wildman–Crippen MR) is 83.2 cm³/mol. The summed E-state index contributed by atoms with van der Waals surface area (Å²) in [5.41, 5.74) is 2.05. The Morgan fingerprint density at radius 2 is 2.14 bits per heavy atom. The molecule has 0 bridgehead atoms. The van der Waals surface area contributed by atoms with Crippen molar-refractivity contribution in [2.75, 3.05) is 25.9 Å².